The molecule has 0 spiro atoms. The average molecular weight is 865 g/mol. The second-order valence-electron chi connectivity index (χ2n) is 14.6. The van der Waals surface area contributed by atoms with Crippen molar-refractivity contribution in [1.29, 1.82) is 0 Å². The minimum absolute atomic E-state index is 0.0402. The van der Waals surface area contributed by atoms with Gasteiger partial charge in [0.05, 0.1) is 32.0 Å². The summed E-state index contributed by atoms with van der Waals surface area (Å²) in [6, 6.07) is 0. The van der Waals surface area contributed by atoms with Crippen molar-refractivity contribution < 1.29 is 66.3 Å². The molecule has 0 aromatic rings. The zero-order valence-electron chi connectivity index (χ0n) is 35.1. The van der Waals surface area contributed by atoms with Crippen molar-refractivity contribution in [1.82, 2.24) is 0 Å². The highest BCUT2D eigenvalue weighted by Gasteiger charge is 2.37. The van der Waals surface area contributed by atoms with Crippen LogP contribution >= 0.6 is 15.6 Å². The summed E-state index contributed by atoms with van der Waals surface area (Å²) < 4.78 is 53.5. The third kappa shape index (κ3) is 34.9. The van der Waals surface area contributed by atoms with E-state index in [0.717, 1.165) is 64.2 Å². The normalized spacial score (nSPS) is 18.0. The van der Waals surface area contributed by atoms with Crippen LogP contribution in [0.1, 0.15) is 155 Å². The summed E-state index contributed by atoms with van der Waals surface area (Å²) in [5.74, 6) is -1.12. The maximum absolute atomic E-state index is 12.7. The minimum atomic E-state index is -4.87. The Hall–Kier alpha value is -1.96. The number of unbranched alkanes of at least 4 members (excludes halogenated alkanes) is 12. The number of aliphatic hydroxyl groups excluding tert-OH is 1. The number of hydrogen-bond acceptors (Lipinski definition) is 11. The number of phosphoric ester groups is 2. The maximum atomic E-state index is 12.7. The molecule has 0 aromatic heterocycles. The van der Waals surface area contributed by atoms with Gasteiger partial charge in [-0.3, -0.25) is 23.2 Å². The van der Waals surface area contributed by atoms with Crippen molar-refractivity contribution >= 4 is 27.6 Å². The van der Waals surface area contributed by atoms with Gasteiger partial charge in [0.1, 0.15) is 12.7 Å². The predicted octanol–water partition coefficient (Wildman–Crippen LogP) is 9.66. The number of aliphatic hydroxyl groups is 1. The molecule has 0 aromatic carbocycles. The van der Waals surface area contributed by atoms with E-state index in [2.05, 4.69) is 71.5 Å². The van der Waals surface area contributed by atoms with Crippen molar-refractivity contribution in [3.63, 3.8) is 0 Å². The van der Waals surface area contributed by atoms with Gasteiger partial charge >= 0.3 is 27.6 Å². The highest BCUT2D eigenvalue weighted by Crippen LogP contribution is 2.44. The Balaban J connectivity index is 2.44. The molecule has 1 fully saturated rings. The zero-order chi connectivity index (χ0) is 42.7. The number of epoxide rings is 1. The standard InChI is InChI=1S/C42H74O14P2/c1-3-5-7-9-11-13-15-17-19-21-23-25-27-31-41(44)51-35-38(36-54-58(49,50)53-34-37(43)33-52-57(46,47)48)55-42(45)32-28-30-40-39(56-40)29-26-24-22-20-18-16-14-12-10-8-6-4-2/h12-15,18,20,24,26,37-40,43H,3-11,16-17,19,21-23,25,27-36H2,1-2H3,(H,49,50)(H2,46,47,48)/b14-12-,15-13-,20-18-,26-24-/t37-,38+,39?,40?/m0/s1. The summed E-state index contributed by atoms with van der Waals surface area (Å²) >= 11 is 0. The number of hydrogen-bond donors (Lipinski definition) is 4. The van der Waals surface area contributed by atoms with Crippen LogP contribution in [0.2, 0.25) is 0 Å². The lowest BCUT2D eigenvalue weighted by Gasteiger charge is -2.20. The van der Waals surface area contributed by atoms with E-state index in [0.29, 0.717) is 19.3 Å². The SMILES string of the molecule is CCCCC/C=C\C/C=C\C/C=C\CC1OC1CCCC(=O)O[C@H](COC(=O)CCCCCCC/C=C\CCCCCC)COP(=O)(O)OC[C@@H](O)COP(=O)(O)O. The van der Waals surface area contributed by atoms with Gasteiger partial charge in [-0.2, -0.15) is 0 Å². The molecule has 0 saturated carbocycles. The Morgan fingerprint density at radius 2 is 1.12 bits per heavy atom. The third-order valence-electron chi connectivity index (χ3n) is 9.10. The van der Waals surface area contributed by atoms with E-state index in [-0.39, 0.29) is 25.0 Å². The van der Waals surface area contributed by atoms with Gasteiger partial charge in [0.25, 0.3) is 0 Å². The Labute approximate surface area is 347 Å². The molecule has 5 atom stereocenters. The second kappa shape index (κ2) is 34.7. The van der Waals surface area contributed by atoms with Crippen LogP contribution in [0.5, 0.6) is 0 Å². The molecular weight excluding hydrogens is 790 g/mol. The first-order valence-electron chi connectivity index (χ1n) is 21.5. The van der Waals surface area contributed by atoms with Gasteiger partial charge in [0, 0.05) is 12.8 Å². The Bertz CT molecular complexity index is 1280. The van der Waals surface area contributed by atoms with Crippen LogP contribution in [0.25, 0.3) is 0 Å². The number of allylic oxidation sites excluding steroid dienone is 7. The molecule has 0 radical (unpaired) electrons. The van der Waals surface area contributed by atoms with Crippen molar-refractivity contribution in [2.24, 2.45) is 0 Å². The van der Waals surface area contributed by atoms with Gasteiger partial charge in [-0.15, -0.1) is 0 Å². The summed E-state index contributed by atoms with van der Waals surface area (Å²) in [6.07, 6.45) is 35.5. The lowest BCUT2D eigenvalue weighted by atomic mass is 10.1. The molecule has 3 unspecified atom stereocenters. The number of phosphoric acid groups is 2. The lowest BCUT2D eigenvalue weighted by molar-refractivity contribution is -0.161. The van der Waals surface area contributed by atoms with Crippen molar-refractivity contribution in [3.05, 3.63) is 48.6 Å². The van der Waals surface area contributed by atoms with Crippen LogP contribution in [-0.4, -0.2) is 82.6 Å². The zero-order valence-corrected chi connectivity index (χ0v) is 36.9. The molecule has 1 aliphatic rings. The van der Waals surface area contributed by atoms with E-state index in [1.165, 1.54) is 44.9 Å². The molecule has 0 aliphatic carbocycles. The van der Waals surface area contributed by atoms with Crippen LogP contribution in [0.15, 0.2) is 48.6 Å². The van der Waals surface area contributed by atoms with Crippen LogP contribution < -0.4 is 0 Å². The van der Waals surface area contributed by atoms with Crippen LogP contribution in [0, 0.1) is 0 Å². The molecule has 0 amide bonds. The molecular formula is C42H74O14P2. The molecule has 0 bridgehead atoms. The Morgan fingerprint density at radius 1 is 0.603 bits per heavy atom. The Morgan fingerprint density at radius 3 is 1.79 bits per heavy atom. The lowest BCUT2D eigenvalue weighted by Crippen LogP contribution is -2.30. The molecule has 1 heterocycles. The largest absolute Gasteiger partial charge is 0.472 e. The summed E-state index contributed by atoms with van der Waals surface area (Å²) in [6.45, 7) is 1.61. The fourth-order valence-electron chi connectivity index (χ4n) is 5.72. The second-order valence-corrected chi connectivity index (χ2v) is 17.3. The van der Waals surface area contributed by atoms with Crippen LogP contribution in [0.4, 0.5) is 0 Å². The van der Waals surface area contributed by atoms with E-state index in [1.807, 2.05) is 0 Å². The first kappa shape index (κ1) is 54.1. The molecule has 4 N–H and O–H groups in total. The molecule has 16 heteroatoms. The van der Waals surface area contributed by atoms with Crippen molar-refractivity contribution in [3.8, 4) is 0 Å². The summed E-state index contributed by atoms with van der Waals surface area (Å²) in [5.41, 5.74) is 0. The monoisotopic (exact) mass is 864 g/mol. The third-order valence-corrected chi connectivity index (χ3v) is 10.5. The molecule has 14 nitrogen and oxygen atoms in total. The van der Waals surface area contributed by atoms with Crippen molar-refractivity contribution in [2.75, 3.05) is 26.4 Å². The van der Waals surface area contributed by atoms with Crippen LogP contribution in [-0.2, 0) is 46.5 Å². The quantitative estimate of drug-likeness (QED) is 0.0149. The molecule has 58 heavy (non-hydrogen) atoms. The number of carbonyl (C=O) groups is 2. The number of carbonyl (C=O) groups excluding carboxylic acids is 2. The first-order valence-corrected chi connectivity index (χ1v) is 24.5. The van der Waals surface area contributed by atoms with Gasteiger partial charge in [0.2, 0.25) is 0 Å². The highest BCUT2D eigenvalue weighted by molar-refractivity contribution is 7.47. The van der Waals surface area contributed by atoms with Gasteiger partial charge in [-0.05, 0) is 77.0 Å². The van der Waals surface area contributed by atoms with Gasteiger partial charge in [-0.25, -0.2) is 9.13 Å². The Kier molecular flexibility index (Phi) is 32.4. The van der Waals surface area contributed by atoms with Crippen molar-refractivity contribution in [2.45, 2.75) is 180 Å². The van der Waals surface area contributed by atoms with E-state index < -0.39 is 66.2 Å². The topological polar surface area (TPSA) is 208 Å². The molecule has 1 aliphatic heterocycles. The van der Waals surface area contributed by atoms with Gasteiger partial charge in [-0.1, -0.05) is 114 Å². The van der Waals surface area contributed by atoms with E-state index >= 15 is 0 Å². The highest BCUT2D eigenvalue weighted by atomic mass is 31.2. The van der Waals surface area contributed by atoms with E-state index in [1.54, 1.807) is 0 Å². The minimum Gasteiger partial charge on any atom is -0.462 e. The summed E-state index contributed by atoms with van der Waals surface area (Å²) in [4.78, 5) is 52.8. The number of esters is 2. The van der Waals surface area contributed by atoms with E-state index in [4.69, 9.17) is 28.5 Å². The first-order chi connectivity index (χ1) is 27.8. The van der Waals surface area contributed by atoms with Gasteiger partial charge in [0.15, 0.2) is 6.10 Å². The van der Waals surface area contributed by atoms with Crippen LogP contribution in [0.3, 0.4) is 0 Å². The maximum Gasteiger partial charge on any atom is 0.472 e. The number of ether oxygens (including phenoxy) is 3. The van der Waals surface area contributed by atoms with Gasteiger partial charge < -0.3 is 34.0 Å². The molecule has 1 saturated heterocycles. The number of rotatable bonds is 39. The molecule has 1 rings (SSSR count). The average Bonchev–Trinajstić information content (AvgIpc) is 3.93. The predicted molar refractivity (Wildman–Crippen MR) is 225 cm³/mol. The fraction of sp³-hybridized carbons (Fsp3) is 0.762. The fourth-order valence-corrected chi connectivity index (χ4v) is 6.88. The summed E-state index contributed by atoms with van der Waals surface area (Å²) in [7, 11) is -9.70. The summed E-state index contributed by atoms with van der Waals surface area (Å²) in [5, 5.41) is 9.75. The molecule has 336 valence electrons. The smallest absolute Gasteiger partial charge is 0.462 e. The van der Waals surface area contributed by atoms with E-state index in [9.17, 15) is 28.7 Å².